The van der Waals surface area contributed by atoms with Crippen LogP contribution in [0.15, 0.2) is 18.2 Å². The van der Waals surface area contributed by atoms with E-state index in [1.54, 1.807) is 18.2 Å². The van der Waals surface area contributed by atoms with E-state index >= 15 is 0 Å². The predicted molar refractivity (Wildman–Crippen MR) is 64.5 cm³/mol. The first-order chi connectivity index (χ1) is 9.06. The Kier molecular flexibility index (Phi) is 3.74. The van der Waals surface area contributed by atoms with Gasteiger partial charge in [0.15, 0.2) is 11.5 Å². The number of nitrogens with one attached hydrogen (secondary N) is 1. The highest BCUT2D eigenvalue weighted by Crippen LogP contribution is 2.34. The van der Waals surface area contributed by atoms with E-state index in [-0.39, 0.29) is 19.6 Å². The van der Waals surface area contributed by atoms with Crippen molar-refractivity contribution in [2.45, 2.75) is 18.9 Å². The second-order valence-corrected chi connectivity index (χ2v) is 4.04. The fourth-order valence-corrected chi connectivity index (χ4v) is 1.71. The van der Waals surface area contributed by atoms with E-state index in [0.29, 0.717) is 17.2 Å². The smallest absolute Gasteiger partial charge is 0.326 e. The maximum Gasteiger partial charge on any atom is 0.326 e. The Balaban J connectivity index is 2.04. The second kappa shape index (κ2) is 5.47. The molecule has 0 aliphatic carbocycles. The summed E-state index contributed by atoms with van der Waals surface area (Å²) in [5.41, 5.74) is 0.544. The number of benzene rings is 1. The van der Waals surface area contributed by atoms with Gasteiger partial charge in [-0.3, -0.25) is 4.79 Å². The molecular formula is C12H13NO6. The van der Waals surface area contributed by atoms with Crippen molar-refractivity contribution in [3.63, 3.8) is 0 Å². The van der Waals surface area contributed by atoms with Gasteiger partial charge in [0.25, 0.3) is 0 Å². The van der Waals surface area contributed by atoms with E-state index in [0.717, 1.165) is 0 Å². The van der Waals surface area contributed by atoms with Crippen LogP contribution in [0.5, 0.6) is 11.5 Å². The van der Waals surface area contributed by atoms with Crippen molar-refractivity contribution in [3.8, 4) is 11.5 Å². The lowest BCUT2D eigenvalue weighted by Crippen LogP contribution is -2.29. The lowest BCUT2D eigenvalue weighted by molar-refractivity contribution is -0.139. The Hall–Kier alpha value is -2.44. The third-order valence-electron chi connectivity index (χ3n) is 2.66. The van der Waals surface area contributed by atoms with Crippen molar-refractivity contribution in [3.05, 3.63) is 18.2 Å². The van der Waals surface area contributed by atoms with E-state index in [4.69, 9.17) is 19.7 Å². The van der Waals surface area contributed by atoms with E-state index in [9.17, 15) is 9.59 Å². The summed E-state index contributed by atoms with van der Waals surface area (Å²) in [5, 5.41) is 20.4. The second-order valence-electron chi connectivity index (χ2n) is 4.04. The maximum absolute atomic E-state index is 11.0. The van der Waals surface area contributed by atoms with Gasteiger partial charge in [-0.2, -0.15) is 0 Å². The number of carboxylic acid groups (broad SMARTS) is 2. The van der Waals surface area contributed by atoms with Gasteiger partial charge in [-0.1, -0.05) is 0 Å². The molecule has 0 bridgehead atoms. The molecule has 1 aromatic carbocycles. The summed E-state index contributed by atoms with van der Waals surface area (Å²) in [6, 6.07) is 3.99. The van der Waals surface area contributed by atoms with Gasteiger partial charge in [0.1, 0.15) is 6.04 Å². The zero-order chi connectivity index (χ0) is 13.8. The van der Waals surface area contributed by atoms with Crippen LogP contribution in [-0.2, 0) is 9.59 Å². The SMILES string of the molecule is O=C(O)CC[C@H](Nc1ccc2c(c1)OCO2)C(=O)O. The number of carbonyl (C=O) groups is 2. The number of carboxylic acids is 2. The molecule has 0 amide bonds. The Labute approximate surface area is 108 Å². The molecule has 1 aliphatic heterocycles. The van der Waals surface area contributed by atoms with Crippen LogP contribution in [0.25, 0.3) is 0 Å². The molecule has 1 heterocycles. The van der Waals surface area contributed by atoms with Gasteiger partial charge in [0.05, 0.1) is 0 Å². The summed E-state index contributed by atoms with van der Waals surface area (Å²) in [7, 11) is 0. The van der Waals surface area contributed by atoms with Crippen molar-refractivity contribution in [1.82, 2.24) is 0 Å². The van der Waals surface area contributed by atoms with Crippen LogP contribution in [0.2, 0.25) is 0 Å². The standard InChI is InChI=1S/C12H13NO6/c14-11(15)4-2-8(12(16)17)13-7-1-3-9-10(5-7)19-6-18-9/h1,3,5,8,13H,2,4,6H2,(H,14,15)(H,16,17)/t8-/m0/s1. The monoisotopic (exact) mass is 267 g/mol. The number of aliphatic carboxylic acids is 2. The van der Waals surface area contributed by atoms with E-state index < -0.39 is 18.0 Å². The highest BCUT2D eigenvalue weighted by Gasteiger charge is 2.20. The number of rotatable bonds is 6. The number of fused-ring (bicyclic) bond motifs is 1. The van der Waals surface area contributed by atoms with E-state index in [1.807, 2.05) is 0 Å². The van der Waals surface area contributed by atoms with Crippen LogP contribution in [0, 0.1) is 0 Å². The van der Waals surface area contributed by atoms with Crippen LogP contribution < -0.4 is 14.8 Å². The summed E-state index contributed by atoms with van der Waals surface area (Å²) in [6.45, 7) is 0.139. The fourth-order valence-electron chi connectivity index (χ4n) is 1.71. The van der Waals surface area contributed by atoms with Crippen LogP contribution in [-0.4, -0.2) is 35.0 Å². The number of ether oxygens (including phenoxy) is 2. The molecule has 0 unspecified atom stereocenters. The Morgan fingerprint density at radius 2 is 2.00 bits per heavy atom. The molecule has 3 N–H and O–H groups in total. The number of hydrogen-bond donors (Lipinski definition) is 3. The molecule has 0 radical (unpaired) electrons. The van der Waals surface area contributed by atoms with Crippen LogP contribution in [0.1, 0.15) is 12.8 Å². The Morgan fingerprint density at radius 1 is 1.26 bits per heavy atom. The third kappa shape index (κ3) is 3.27. The maximum atomic E-state index is 11.0. The zero-order valence-electron chi connectivity index (χ0n) is 9.96. The molecule has 1 aromatic rings. The summed E-state index contributed by atoms with van der Waals surface area (Å²) >= 11 is 0. The first-order valence-corrected chi connectivity index (χ1v) is 5.67. The minimum Gasteiger partial charge on any atom is -0.481 e. The van der Waals surface area contributed by atoms with Gasteiger partial charge in [-0.15, -0.1) is 0 Å². The molecule has 0 spiro atoms. The summed E-state index contributed by atoms with van der Waals surface area (Å²) < 4.78 is 10.3. The predicted octanol–water partition coefficient (Wildman–Crippen LogP) is 1.15. The van der Waals surface area contributed by atoms with E-state index in [2.05, 4.69) is 5.32 Å². The van der Waals surface area contributed by atoms with Crippen LogP contribution in [0.3, 0.4) is 0 Å². The molecule has 2 rings (SSSR count). The fraction of sp³-hybridized carbons (Fsp3) is 0.333. The molecule has 0 saturated heterocycles. The summed E-state index contributed by atoms with van der Waals surface area (Å²) in [6.07, 6.45) is -0.215. The third-order valence-corrected chi connectivity index (χ3v) is 2.66. The van der Waals surface area contributed by atoms with Crippen molar-refractivity contribution >= 4 is 17.6 Å². The molecule has 0 fully saturated rings. The average molecular weight is 267 g/mol. The molecule has 1 atom stereocenters. The molecule has 0 saturated carbocycles. The molecule has 7 nitrogen and oxygen atoms in total. The summed E-state index contributed by atoms with van der Waals surface area (Å²) in [5.74, 6) is -0.993. The van der Waals surface area contributed by atoms with Gasteiger partial charge < -0.3 is 25.0 Å². The number of anilines is 1. The van der Waals surface area contributed by atoms with Gasteiger partial charge >= 0.3 is 11.9 Å². The average Bonchev–Trinajstić information content (AvgIpc) is 2.81. The van der Waals surface area contributed by atoms with Gasteiger partial charge in [-0.25, -0.2) is 4.79 Å². The van der Waals surface area contributed by atoms with Gasteiger partial charge in [-0.05, 0) is 18.6 Å². The molecule has 0 aromatic heterocycles. The quantitative estimate of drug-likeness (QED) is 0.709. The zero-order valence-corrected chi connectivity index (χ0v) is 9.96. The molecule has 1 aliphatic rings. The van der Waals surface area contributed by atoms with E-state index in [1.165, 1.54) is 0 Å². The number of hydrogen-bond acceptors (Lipinski definition) is 5. The van der Waals surface area contributed by atoms with Crippen molar-refractivity contribution in [1.29, 1.82) is 0 Å². The topological polar surface area (TPSA) is 105 Å². The Bertz CT molecular complexity index is 501. The molecule has 102 valence electrons. The van der Waals surface area contributed by atoms with Crippen LogP contribution in [0.4, 0.5) is 5.69 Å². The molecular weight excluding hydrogens is 254 g/mol. The van der Waals surface area contributed by atoms with Crippen molar-refractivity contribution < 1.29 is 29.3 Å². The highest BCUT2D eigenvalue weighted by molar-refractivity contribution is 5.78. The van der Waals surface area contributed by atoms with Crippen molar-refractivity contribution in [2.75, 3.05) is 12.1 Å². The van der Waals surface area contributed by atoms with Gasteiger partial charge in [0, 0.05) is 18.2 Å². The minimum atomic E-state index is -1.10. The minimum absolute atomic E-state index is 0.000884. The molecule has 19 heavy (non-hydrogen) atoms. The largest absolute Gasteiger partial charge is 0.481 e. The van der Waals surface area contributed by atoms with Gasteiger partial charge in [0.2, 0.25) is 6.79 Å². The van der Waals surface area contributed by atoms with Crippen molar-refractivity contribution in [2.24, 2.45) is 0 Å². The first kappa shape index (κ1) is 13.0. The lowest BCUT2D eigenvalue weighted by Gasteiger charge is -2.15. The Morgan fingerprint density at radius 3 is 2.68 bits per heavy atom. The highest BCUT2D eigenvalue weighted by atomic mass is 16.7. The lowest BCUT2D eigenvalue weighted by atomic mass is 10.1. The first-order valence-electron chi connectivity index (χ1n) is 5.67. The summed E-state index contributed by atoms with van der Waals surface area (Å²) in [4.78, 5) is 21.5. The van der Waals surface area contributed by atoms with Crippen LogP contribution >= 0.6 is 0 Å². The normalized spacial score (nSPS) is 13.9. The molecule has 7 heteroatoms.